The van der Waals surface area contributed by atoms with Gasteiger partial charge in [0, 0.05) is 44.0 Å². The second kappa shape index (κ2) is 12.1. The number of rotatable bonds is 5. The van der Waals surface area contributed by atoms with E-state index < -0.39 is 0 Å². The van der Waals surface area contributed by atoms with Crippen LogP contribution in [0, 0.1) is 0 Å². The molecular weight excluding hydrogens is 657 g/mol. The highest BCUT2D eigenvalue weighted by molar-refractivity contribution is 6.20. The molecule has 0 atom stereocenters. The summed E-state index contributed by atoms with van der Waals surface area (Å²) in [4.78, 5) is 10.5. The van der Waals surface area contributed by atoms with Crippen molar-refractivity contribution in [3.63, 3.8) is 0 Å². The van der Waals surface area contributed by atoms with Gasteiger partial charge >= 0.3 is 0 Å². The zero-order valence-electron chi connectivity index (χ0n) is 29.3. The second-order valence-corrected chi connectivity index (χ2v) is 13.8. The Morgan fingerprint density at radius 1 is 0.296 bits per heavy atom. The first-order chi connectivity index (χ1) is 26.8. The third kappa shape index (κ3) is 4.78. The Morgan fingerprint density at radius 2 is 0.926 bits per heavy atom. The monoisotopic (exact) mass is 688 g/mol. The van der Waals surface area contributed by atoms with Crippen molar-refractivity contribution in [2.24, 2.45) is 0 Å². The van der Waals surface area contributed by atoms with E-state index in [4.69, 9.17) is 9.97 Å². The highest BCUT2D eigenvalue weighted by Crippen LogP contribution is 2.41. The van der Waals surface area contributed by atoms with Gasteiger partial charge in [0.2, 0.25) is 0 Å². The lowest BCUT2D eigenvalue weighted by atomic mass is 9.96. The third-order valence-corrected chi connectivity index (χ3v) is 10.7. The number of nitrogens with zero attached hydrogens (tertiary/aromatic N) is 4. The van der Waals surface area contributed by atoms with Gasteiger partial charge in [0.15, 0.2) is 0 Å². The lowest BCUT2D eigenvalue weighted by molar-refractivity contribution is 1.10. The molecule has 0 fully saturated rings. The van der Waals surface area contributed by atoms with Gasteiger partial charge in [0.1, 0.15) is 5.82 Å². The molecule has 0 aliphatic carbocycles. The molecule has 0 N–H and O–H groups in total. The van der Waals surface area contributed by atoms with E-state index in [1.807, 2.05) is 12.1 Å². The zero-order chi connectivity index (χ0) is 35.6. The molecule has 11 aromatic rings. The molecule has 4 heteroatoms. The second-order valence-electron chi connectivity index (χ2n) is 13.8. The quantitative estimate of drug-likeness (QED) is 0.169. The molecule has 0 radical (unpaired) electrons. The molecule has 0 aliphatic heterocycles. The number of fused-ring (bicyclic) bond motifs is 7. The van der Waals surface area contributed by atoms with Crippen LogP contribution in [0.4, 0.5) is 0 Å². The van der Waals surface area contributed by atoms with E-state index in [-0.39, 0.29) is 0 Å². The van der Waals surface area contributed by atoms with Gasteiger partial charge in [0.25, 0.3) is 0 Å². The molecule has 0 amide bonds. The van der Waals surface area contributed by atoms with Crippen LogP contribution in [0.15, 0.2) is 194 Å². The molecule has 0 saturated heterocycles. The third-order valence-electron chi connectivity index (χ3n) is 10.7. The van der Waals surface area contributed by atoms with Crippen molar-refractivity contribution in [2.75, 3.05) is 0 Å². The number of hydrogen-bond donors (Lipinski definition) is 0. The van der Waals surface area contributed by atoms with Crippen LogP contribution in [-0.4, -0.2) is 19.1 Å². The molecule has 4 nitrogen and oxygen atoms in total. The maximum Gasteiger partial charge on any atom is 0.145 e. The first kappa shape index (κ1) is 30.3. The summed E-state index contributed by atoms with van der Waals surface area (Å²) in [7, 11) is 0. The van der Waals surface area contributed by atoms with Crippen molar-refractivity contribution in [1.82, 2.24) is 19.1 Å². The summed E-state index contributed by atoms with van der Waals surface area (Å²) >= 11 is 0. The fourth-order valence-electron chi connectivity index (χ4n) is 8.19. The smallest absolute Gasteiger partial charge is 0.145 e. The average molecular weight is 689 g/mol. The predicted molar refractivity (Wildman–Crippen MR) is 225 cm³/mol. The lowest BCUT2D eigenvalue weighted by Crippen LogP contribution is -1.97. The summed E-state index contributed by atoms with van der Waals surface area (Å²) in [5.74, 6) is 0.931. The van der Waals surface area contributed by atoms with E-state index in [9.17, 15) is 0 Å². The molecule has 3 aromatic heterocycles. The fourth-order valence-corrected chi connectivity index (χ4v) is 8.19. The maximum atomic E-state index is 5.43. The highest BCUT2D eigenvalue weighted by atomic mass is 15.1. The van der Waals surface area contributed by atoms with Crippen LogP contribution in [0.2, 0.25) is 0 Å². The summed E-state index contributed by atoms with van der Waals surface area (Å²) in [6.45, 7) is 0. The first-order valence-corrected chi connectivity index (χ1v) is 18.3. The Balaban J connectivity index is 1.10. The van der Waals surface area contributed by atoms with Crippen LogP contribution in [0.25, 0.3) is 99.7 Å². The number of aromatic nitrogens is 4. The van der Waals surface area contributed by atoms with E-state index >= 15 is 0 Å². The number of hydrogen-bond acceptors (Lipinski definition) is 2. The van der Waals surface area contributed by atoms with Crippen LogP contribution in [-0.2, 0) is 0 Å². The van der Waals surface area contributed by atoms with Gasteiger partial charge in [-0.05, 0) is 77.2 Å². The van der Waals surface area contributed by atoms with Crippen molar-refractivity contribution < 1.29 is 0 Å². The maximum absolute atomic E-state index is 5.43. The molecule has 0 unspecified atom stereocenters. The van der Waals surface area contributed by atoms with Gasteiger partial charge in [-0.1, -0.05) is 133 Å². The highest BCUT2D eigenvalue weighted by Gasteiger charge is 2.18. The van der Waals surface area contributed by atoms with Crippen molar-refractivity contribution in [3.8, 4) is 45.1 Å². The Hall–Kier alpha value is -7.30. The lowest BCUT2D eigenvalue weighted by Gasteiger charge is -2.14. The van der Waals surface area contributed by atoms with E-state index in [1.54, 1.807) is 0 Å². The normalized spacial score (nSPS) is 11.7. The van der Waals surface area contributed by atoms with E-state index in [0.29, 0.717) is 0 Å². The Kier molecular flexibility index (Phi) is 6.82. The minimum atomic E-state index is 0.931. The van der Waals surface area contributed by atoms with Crippen molar-refractivity contribution in [2.45, 2.75) is 0 Å². The predicted octanol–water partition coefficient (Wildman–Crippen LogP) is 12.8. The summed E-state index contributed by atoms with van der Waals surface area (Å²) in [5, 5.41) is 5.92. The molecule has 0 saturated carbocycles. The molecule has 0 spiro atoms. The largest absolute Gasteiger partial charge is 0.309 e. The fraction of sp³-hybridized carbons (Fsp3) is 0. The van der Waals surface area contributed by atoms with Crippen LogP contribution < -0.4 is 0 Å². The van der Waals surface area contributed by atoms with Crippen LogP contribution in [0.5, 0.6) is 0 Å². The summed E-state index contributed by atoms with van der Waals surface area (Å²) in [6.07, 6.45) is 0. The minimum Gasteiger partial charge on any atom is -0.309 e. The van der Waals surface area contributed by atoms with Gasteiger partial charge in [-0.25, -0.2) is 9.97 Å². The molecule has 8 aromatic carbocycles. The minimum absolute atomic E-state index is 0.931. The number of benzene rings is 8. The van der Waals surface area contributed by atoms with Crippen LogP contribution >= 0.6 is 0 Å². The summed E-state index contributed by atoms with van der Waals surface area (Å²) < 4.78 is 4.64. The van der Waals surface area contributed by atoms with E-state index in [0.717, 1.165) is 72.5 Å². The molecule has 11 rings (SSSR count). The SMILES string of the molecule is c1ccc(-c2nc3cc(-c4ccc(-n5c(-c6ccccc6)nc6ccccc65)cc4)ccc3c3cc4c(cc23)c2ccccc2n4-c2ccccc2)cc1. The Labute approximate surface area is 311 Å². The van der Waals surface area contributed by atoms with Gasteiger partial charge < -0.3 is 4.57 Å². The van der Waals surface area contributed by atoms with Crippen molar-refractivity contribution in [1.29, 1.82) is 0 Å². The topological polar surface area (TPSA) is 35.6 Å². The zero-order valence-corrected chi connectivity index (χ0v) is 29.3. The molecule has 252 valence electrons. The van der Waals surface area contributed by atoms with Gasteiger partial charge in [-0.2, -0.15) is 0 Å². The standard InChI is InChI=1S/C50H32N4/c1-4-14-34(15-5-1)49-43-31-42-40-20-10-12-22-46(40)53(37-18-8-3-9-19-37)48(42)32-41(43)39-29-26-36(30-45(39)51-49)33-24-27-38(28-25-33)54-47-23-13-11-21-44(47)52-50(54)35-16-6-2-7-17-35/h1-32H. The van der Waals surface area contributed by atoms with Crippen LogP contribution in [0.3, 0.4) is 0 Å². The number of pyridine rings is 1. The van der Waals surface area contributed by atoms with E-state index in [2.05, 4.69) is 191 Å². The Morgan fingerprint density at radius 3 is 1.70 bits per heavy atom. The van der Waals surface area contributed by atoms with Gasteiger partial charge in [0.05, 0.1) is 33.3 Å². The first-order valence-electron chi connectivity index (χ1n) is 18.3. The van der Waals surface area contributed by atoms with Gasteiger partial charge in [-0.15, -0.1) is 0 Å². The molecule has 3 heterocycles. The van der Waals surface area contributed by atoms with Gasteiger partial charge in [-0.3, -0.25) is 4.57 Å². The average Bonchev–Trinajstić information content (AvgIpc) is 3.79. The van der Waals surface area contributed by atoms with Crippen molar-refractivity contribution >= 4 is 54.5 Å². The molecule has 0 bridgehead atoms. The van der Waals surface area contributed by atoms with Crippen molar-refractivity contribution in [3.05, 3.63) is 194 Å². The molecule has 54 heavy (non-hydrogen) atoms. The molecular formula is C50H32N4. The summed E-state index contributed by atoms with van der Waals surface area (Å²) in [5.41, 5.74) is 13.1. The number of para-hydroxylation sites is 4. The van der Waals surface area contributed by atoms with E-state index in [1.165, 1.54) is 27.2 Å². The van der Waals surface area contributed by atoms with Crippen LogP contribution in [0.1, 0.15) is 0 Å². The number of imidazole rings is 1. The Bertz CT molecular complexity index is 3180. The molecule has 0 aliphatic rings. The summed E-state index contributed by atoms with van der Waals surface area (Å²) in [6, 6.07) is 69.0.